The SMILES string of the molecule is O=C(Cc1ccc(O)c(O)c1)NCCc1cccc(Cl)c1. The van der Waals surface area contributed by atoms with Crippen molar-refractivity contribution in [1.82, 2.24) is 5.32 Å². The van der Waals surface area contributed by atoms with Crippen molar-refractivity contribution in [1.29, 1.82) is 0 Å². The molecule has 0 bridgehead atoms. The Morgan fingerprint density at radius 2 is 1.86 bits per heavy atom. The van der Waals surface area contributed by atoms with Gasteiger partial charge in [0.1, 0.15) is 0 Å². The second kappa shape index (κ2) is 6.99. The molecule has 2 aromatic rings. The molecule has 0 aliphatic heterocycles. The molecule has 0 atom stereocenters. The van der Waals surface area contributed by atoms with Gasteiger partial charge in [-0.15, -0.1) is 0 Å². The van der Waals surface area contributed by atoms with Crippen LogP contribution in [0, 0.1) is 0 Å². The van der Waals surface area contributed by atoms with E-state index in [0.717, 1.165) is 5.56 Å². The zero-order chi connectivity index (χ0) is 15.2. The fourth-order valence-corrected chi connectivity index (χ4v) is 2.18. The second-order valence-corrected chi connectivity index (χ2v) is 5.17. The van der Waals surface area contributed by atoms with Crippen molar-refractivity contribution in [2.45, 2.75) is 12.8 Å². The van der Waals surface area contributed by atoms with Gasteiger partial charge in [-0.05, 0) is 41.8 Å². The fraction of sp³-hybridized carbons (Fsp3) is 0.188. The molecular weight excluding hydrogens is 290 g/mol. The number of phenolic OH excluding ortho intramolecular Hbond substituents is 2. The van der Waals surface area contributed by atoms with E-state index in [1.165, 1.54) is 12.1 Å². The molecule has 0 aliphatic rings. The zero-order valence-corrected chi connectivity index (χ0v) is 12.1. The maximum absolute atomic E-state index is 11.8. The molecule has 21 heavy (non-hydrogen) atoms. The molecule has 0 spiro atoms. The quantitative estimate of drug-likeness (QED) is 0.744. The van der Waals surface area contributed by atoms with Crippen molar-refractivity contribution in [3.63, 3.8) is 0 Å². The van der Waals surface area contributed by atoms with Crippen molar-refractivity contribution < 1.29 is 15.0 Å². The van der Waals surface area contributed by atoms with E-state index >= 15 is 0 Å². The van der Waals surface area contributed by atoms with E-state index < -0.39 is 0 Å². The summed E-state index contributed by atoms with van der Waals surface area (Å²) in [7, 11) is 0. The smallest absolute Gasteiger partial charge is 0.224 e. The van der Waals surface area contributed by atoms with Crippen LogP contribution < -0.4 is 5.32 Å². The molecule has 2 rings (SSSR count). The number of aromatic hydroxyl groups is 2. The van der Waals surface area contributed by atoms with Gasteiger partial charge in [0.05, 0.1) is 6.42 Å². The zero-order valence-electron chi connectivity index (χ0n) is 11.3. The van der Waals surface area contributed by atoms with Gasteiger partial charge in [0.15, 0.2) is 11.5 Å². The molecule has 4 nitrogen and oxygen atoms in total. The van der Waals surface area contributed by atoms with Crippen molar-refractivity contribution in [3.8, 4) is 11.5 Å². The van der Waals surface area contributed by atoms with E-state index in [0.29, 0.717) is 23.6 Å². The molecule has 0 saturated heterocycles. The van der Waals surface area contributed by atoms with Crippen molar-refractivity contribution in [2.24, 2.45) is 0 Å². The fourth-order valence-electron chi connectivity index (χ4n) is 1.97. The predicted molar refractivity (Wildman–Crippen MR) is 81.6 cm³/mol. The Hall–Kier alpha value is -2.20. The Morgan fingerprint density at radius 1 is 1.05 bits per heavy atom. The van der Waals surface area contributed by atoms with Crippen LogP contribution in [0.25, 0.3) is 0 Å². The Labute approximate surface area is 128 Å². The highest BCUT2D eigenvalue weighted by Crippen LogP contribution is 2.24. The maximum atomic E-state index is 11.8. The topological polar surface area (TPSA) is 69.6 Å². The largest absolute Gasteiger partial charge is 0.504 e. The minimum Gasteiger partial charge on any atom is -0.504 e. The molecule has 0 unspecified atom stereocenters. The van der Waals surface area contributed by atoms with E-state index in [2.05, 4.69) is 5.32 Å². The number of benzene rings is 2. The molecule has 2 aromatic carbocycles. The summed E-state index contributed by atoms with van der Waals surface area (Å²) >= 11 is 5.89. The van der Waals surface area contributed by atoms with Crippen LogP contribution in [0.4, 0.5) is 0 Å². The van der Waals surface area contributed by atoms with E-state index in [9.17, 15) is 15.0 Å². The number of carbonyl (C=O) groups excluding carboxylic acids is 1. The Balaban J connectivity index is 1.81. The third-order valence-electron chi connectivity index (χ3n) is 3.03. The minimum absolute atomic E-state index is 0.137. The summed E-state index contributed by atoms with van der Waals surface area (Å²) in [6.45, 7) is 0.517. The van der Waals surface area contributed by atoms with Gasteiger partial charge < -0.3 is 15.5 Å². The van der Waals surface area contributed by atoms with Gasteiger partial charge in [-0.1, -0.05) is 29.8 Å². The van der Waals surface area contributed by atoms with Gasteiger partial charge in [-0.3, -0.25) is 4.79 Å². The third kappa shape index (κ3) is 4.68. The standard InChI is InChI=1S/C16H16ClNO3/c17-13-3-1-2-11(8-13)6-7-18-16(21)10-12-4-5-14(19)15(20)9-12/h1-5,8-9,19-20H,6-7,10H2,(H,18,21). The molecule has 3 N–H and O–H groups in total. The summed E-state index contributed by atoms with van der Waals surface area (Å²) in [5.74, 6) is -0.554. The summed E-state index contributed by atoms with van der Waals surface area (Å²) in [4.78, 5) is 11.8. The predicted octanol–water partition coefficient (Wildman–Crippen LogP) is 2.65. The normalized spacial score (nSPS) is 10.3. The highest BCUT2D eigenvalue weighted by atomic mass is 35.5. The van der Waals surface area contributed by atoms with E-state index in [1.54, 1.807) is 12.1 Å². The van der Waals surface area contributed by atoms with Gasteiger partial charge >= 0.3 is 0 Å². The molecule has 0 heterocycles. The number of phenols is 2. The van der Waals surface area contributed by atoms with Gasteiger partial charge in [0.25, 0.3) is 0 Å². The molecule has 0 fully saturated rings. The first kappa shape index (κ1) is 15.2. The first-order valence-electron chi connectivity index (χ1n) is 6.56. The molecule has 5 heteroatoms. The van der Waals surface area contributed by atoms with Crippen LogP contribution in [-0.4, -0.2) is 22.7 Å². The first-order chi connectivity index (χ1) is 10.0. The lowest BCUT2D eigenvalue weighted by Gasteiger charge is -2.06. The van der Waals surface area contributed by atoms with Crippen LogP contribution in [0.15, 0.2) is 42.5 Å². The van der Waals surface area contributed by atoms with Crippen LogP contribution in [0.3, 0.4) is 0 Å². The van der Waals surface area contributed by atoms with Crippen LogP contribution in [0.1, 0.15) is 11.1 Å². The van der Waals surface area contributed by atoms with Crippen LogP contribution in [0.5, 0.6) is 11.5 Å². The summed E-state index contributed by atoms with van der Waals surface area (Å²) in [5.41, 5.74) is 1.70. The Bertz CT molecular complexity index is 643. The maximum Gasteiger partial charge on any atom is 0.224 e. The summed E-state index contributed by atoms with van der Waals surface area (Å²) in [5, 5.41) is 22.1. The van der Waals surface area contributed by atoms with Crippen LogP contribution in [0.2, 0.25) is 5.02 Å². The molecule has 1 amide bonds. The first-order valence-corrected chi connectivity index (χ1v) is 6.94. The van der Waals surface area contributed by atoms with Crippen LogP contribution in [-0.2, 0) is 17.6 Å². The molecule has 0 aliphatic carbocycles. The lowest BCUT2D eigenvalue weighted by molar-refractivity contribution is -0.120. The summed E-state index contributed by atoms with van der Waals surface area (Å²) in [6.07, 6.45) is 0.858. The number of nitrogens with one attached hydrogen (secondary N) is 1. The number of hydrogen-bond acceptors (Lipinski definition) is 3. The Kier molecular flexibility index (Phi) is 5.06. The lowest BCUT2D eigenvalue weighted by atomic mass is 10.1. The van der Waals surface area contributed by atoms with Gasteiger partial charge in [-0.2, -0.15) is 0 Å². The minimum atomic E-state index is -0.223. The summed E-state index contributed by atoms with van der Waals surface area (Å²) < 4.78 is 0. The molecule has 0 aromatic heterocycles. The number of halogens is 1. The Morgan fingerprint density at radius 3 is 2.57 bits per heavy atom. The monoisotopic (exact) mass is 305 g/mol. The number of carbonyl (C=O) groups is 1. The van der Waals surface area contributed by atoms with Gasteiger partial charge in [0.2, 0.25) is 5.91 Å². The number of amides is 1. The number of hydrogen-bond donors (Lipinski definition) is 3. The van der Waals surface area contributed by atoms with Crippen LogP contribution >= 0.6 is 11.6 Å². The van der Waals surface area contributed by atoms with E-state index in [1.807, 2.05) is 18.2 Å². The highest BCUT2D eigenvalue weighted by molar-refractivity contribution is 6.30. The second-order valence-electron chi connectivity index (χ2n) is 4.73. The van der Waals surface area contributed by atoms with Gasteiger partial charge in [0, 0.05) is 11.6 Å². The average Bonchev–Trinajstić information content (AvgIpc) is 2.43. The van der Waals surface area contributed by atoms with Crippen molar-refractivity contribution in [3.05, 3.63) is 58.6 Å². The third-order valence-corrected chi connectivity index (χ3v) is 3.26. The molecular formula is C16H16ClNO3. The van der Waals surface area contributed by atoms with Crippen molar-refractivity contribution >= 4 is 17.5 Å². The van der Waals surface area contributed by atoms with E-state index in [-0.39, 0.29) is 23.8 Å². The average molecular weight is 306 g/mol. The van der Waals surface area contributed by atoms with E-state index in [4.69, 9.17) is 11.6 Å². The molecule has 110 valence electrons. The molecule has 0 radical (unpaired) electrons. The van der Waals surface area contributed by atoms with Gasteiger partial charge in [-0.25, -0.2) is 0 Å². The number of rotatable bonds is 5. The summed E-state index contributed by atoms with van der Waals surface area (Å²) in [6, 6.07) is 11.9. The molecule has 0 saturated carbocycles. The lowest BCUT2D eigenvalue weighted by Crippen LogP contribution is -2.27. The van der Waals surface area contributed by atoms with Crippen molar-refractivity contribution in [2.75, 3.05) is 6.54 Å². The highest BCUT2D eigenvalue weighted by Gasteiger charge is 2.06.